The quantitative estimate of drug-likeness (QED) is 0.267. The molecule has 0 radical (unpaired) electrons. The van der Waals surface area contributed by atoms with E-state index in [9.17, 15) is 5.11 Å². The number of hydrogen-bond acceptors (Lipinski definition) is 9. The Labute approximate surface area is 251 Å². The molecule has 2 N–H and O–H groups in total. The van der Waals surface area contributed by atoms with E-state index in [0.29, 0.717) is 38.8 Å². The van der Waals surface area contributed by atoms with Gasteiger partial charge in [-0.05, 0) is 61.1 Å². The zero-order chi connectivity index (χ0) is 29.7. The summed E-state index contributed by atoms with van der Waals surface area (Å²) in [4.78, 5) is 2.37. The summed E-state index contributed by atoms with van der Waals surface area (Å²) in [6.45, 7) is 10.7. The standard InChI is InChI=1S/C33H50N2O7/c1-24(21-38-4)12-16-39-28-9-7-27(8-10-28)33-31(41-22-25(2)36)19-34-20-32(33)42-23-26-6-11-30-29(18-26)35(14-17-40-30)13-5-15-37-3/h6-11,18,24-25,31-34,36H,5,12-17,19-23H2,1-4H3/t24?,25?,31-,32+,33+/m1/s1. The topological polar surface area (TPSA) is 90.9 Å². The molecular formula is C33H50N2O7. The molecule has 2 aliphatic heterocycles. The van der Waals surface area contributed by atoms with Gasteiger partial charge in [-0.2, -0.15) is 0 Å². The van der Waals surface area contributed by atoms with Gasteiger partial charge >= 0.3 is 0 Å². The van der Waals surface area contributed by atoms with Crippen molar-refractivity contribution in [1.82, 2.24) is 5.32 Å². The third-order valence-electron chi connectivity index (χ3n) is 7.86. The number of rotatable bonds is 17. The lowest BCUT2D eigenvalue weighted by Gasteiger charge is -2.39. The number of nitrogens with one attached hydrogen (secondary N) is 1. The van der Waals surface area contributed by atoms with E-state index in [4.69, 9.17) is 28.4 Å². The fraction of sp³-hybridized carbons (Fsp3) is 0.636. The molecule has 1 saturated heterocycles. The highest BCUT2D eigenvalue weighted by atomic mass is 16.5. The van der Waals surface area contributed by atoms with Crippen molar-refractivity contribution in [2.24, 2.45) is 5.92 Å². The Bertz CT molecular complexity index is 1050. The number of ether oxygens (including phenoxy) is 6. The van der Waals surface area contributed by atoms with Gasteiger partial charge < -0.3 is 43.7 Å². The molecule has 0 aromatic heterocycles. The van der Waals surface area contributed by atoms with Crippen LogP contribution < -0.4 is 19.7 Å². The first-order valence-corrected chi connectivity index (χ1v) is 15.3. The average molecular weight is 587 g/mol. The predicted molar refractivity (Wildman–Crippen MR) is 164 cm³/mol. The molecule has 2 aromatic carbocycles. The summed E-state index contributed by atoms with van der Waals surface area (Å²) >= 11 is 0. The predicted octanol–water partition coefficient (Wildman–Crippen LogP) is 4.01. The number of anilines is 1. The van der Waals surface area contributed by atoms with Crippen molar-refractivity contribution in [3.05, 3.63) is 53.6 Å². The van der Waals surface area contributed by atoms with Crippen LogP contribution in [0.5, 0.6) is 11.5 Å². The van der Waals surface area contributed by atoms with E-state index >= 15 is 0 Å². The Balaban J connectivity index is 1.44. The molecule has 1 fully saturated rings. The number of piperidine rings is 1. The summed E-state index contributed by atoms with van der Waals surface area (Å²) in [6, 6.07) is 14.6. The van der Waals surface area contributed by atoms with E-state index in [2.05, 4.69) is 47.5 Å². The molecule has 2 aromatic rings. The first-order valence-electron chi connectivity index (χ1n) is 15.3. The normalized spacial score (nSPS) is 21.8. The summed E-state index contributed by atoms with van der Waals surface area (Å²) in [5, 5.41) is 13.4. The van der Waals surface area contributed by atoms with Crippen molar-refractivity contribution < 1.29 is 33.5 Å². The molecule has 0 bridgehead atoms. The molecule has 0 aliphatic carbocycles. The first-order chi connectivity index (χ1) is 20.5. The van der Waals surface area contributed by atoms with Gasteiger partial charge in [0.15, 0.2) is 0 Å². The van der Waals surface area contributed by atoms with Crippen molar-refractivity contribution in [3.8, 4) is 11.5 Å². The molecule has 2 aliphatic rings. The number of fused-ring (bicyclic) bond motifs is 1. The summed E-state index contributed by atoms with van der Waals surface area (Å²) in [5.41, 5.74) is 3.36. The second-order valence-corrected chi connectivity index (χ2v) is 11.5. The molecule has 4 rings (SSSR count). The minimum atomic E-state index is -0.534. The van der Waals surface area contributed by atoms with E-state index in [1.54, 1.807) is 21.1 Å². The monoisotopic (exact) mass is 586 g/mol. The highest BCUT2D eigenvalue weighted by molar-refractivity contribution is 5.61. The van der Waals surface area contributed by atoms with Gasteiger partial charge in [-0.3, -0.25) is 0 Å². The number of nitrogens with zero attached hydrogens (tertiary/aromatic N) is 1. The zero-order valence-corrected chi connectivity index (χ0v) is 25.8. The average Bonchev–Trinajstić information content (AvgIpc) is 2.99. The first kappa shape index (κ1) is 32.5. The Morgan fingerprint density at radius 2 is 1.76 bits per heavy atom. The summed E-state index contributed by atoms with van der Waals surface area (Å²) in [6.07, 6.45) is 1.14. The number of methoxy groups -OCH3 is 2. The maximum Gasteiger partial charge on any atom is 0.142 e. The van der Waals surface area contributed by atoms with Gasteiger partial charge in [-0.25, -0.2) is 0 Å². The molecule has 5 atom stereocenters. The molecule has 2 unspecified atom stereocenters. The highest BCUT2D eigenvalue weighted by Gasteiger charge is 2.36. The van der Waals surface area contributed by atoms with Crippen LogP contribution in [0.1, 0.15) is 43.7 Å². The zero-order valence-electron chi connectivity index (χ0n) is 25.8. The van der Waals surface area contributed by atoms with Crippen LogP contribution in [0, 0.1) is 5.92 Å². The number of aliphatic hydroxyl groups excluding tert-OH is 1. The fourth-order valence-corrected chi connectivity index (χ4v) is 5.65. The lowest BCUT2D eigenvalue weighted by molar-refractivity contribution is -0.0752. The van der Waals surface area contributed by atoms with Crippen LogP contribution in [0.2, 0.25) is 0 Å². The van der Waals surface area contributed by atoms with Crippen molar-refractivity contribution in [2.45, 2.75) is 57.5 Å². The van der Waals surface area contributed by atoms with Gasteiger partial charge in [0.25, 0.3) is 0 Å². The molecule has 9 nitrogen and oxygen atoms in total. The highest BCUT2D eigenvalue weighted by Crippen LogP contribution is 2.35. The lowest BCUT2D eigenvalue weighted by Crippen LogP contribution is -2.51. The summed E-state index contributed by atoms with van der Waals surface area (Å²) in [5.74, 6) is 2.23. The maximum atomic E-state index is 9.91. The van der Waals surface area contributed by atoms with E-state index in [1.807, 2.05) is 12.1 Å². The second-order valence-electron chi connectivity index (χ2n) is 11.5. The van der Waals surface area contributed by atoms with Gasteiger partial charge in [0.2, 0.25) is 0 Å². The molecule has 0 saturated carbocycles. The van der Waals surface area contributed by atoms with E-state index in [0.717, 1.165) is 67.5 Å². The van der Waals surface area contributed by atoms with E-state index in [-0.39, 0.29) is 24.7 Å². The Morgan fingerprint density at radius 1 is 0.976 bits per heavy atom. The minimum absolute atomic E-state index is 0.00674. The van der Waals surface area contributed by atoms with Crippen LogP contribution in [-0.4, -0.2) is 96.9 Å². The molecule has 42 heavy (non-hydrogen) atoms. The van der Waals surface area contributed by atoms with E-state index < -0.39 is 6.10 Å². The minimum Gasteiger partial charge on any atom is -0.494 e. The summed E-state index contributed by atoms with van der Waals surface area (Å²) < 4.78 is 35.2. The molecule has 0 amide bonds. The Kier molecular flexibility index (Phi) is 13.2. The molecule has 0 spiro atoms. The van der Waals surface area contributed by atoms with Gasteiger partial charge in [0.1, 0.15) is 18.1 Å². The third-order valence-corrected chi connectivity index (χ3v) is 7.86. The van der Waals surface area contributed by atoms with Crippen molar-refractivity contribution >= 4 is 5.69 Å². The van der Waals surface area contributed by atoms with Gasteiger partial charge in [0.05, 0.1) is 50.4 Å². The van der Waals surface area contributed by atoms with Crippen LogP contribution in [0.3, 0.4) is 0 Å². The number of aliphatic hydroxyl groups is 1. The summed E-state index contributed by atoms with van der Waals surface area (Å²) in [7, 11) is 3.47. The fourth-order valence-electron chi connectivity index (χ4n) is 5.65. The van der Waals surface area contributed by atoms with Gasteiger partial charge in [-0.1, -0.05) is 25.1 Å². The van der Waals surface area contributed by atoms with Gasteiger partial charge in [0, 0.05) is 53.0 Å². The maximum absolute atomic E-state index is 9.91. The van der Waals surface area contributed by atoms with Crippen LogP contribution in [0.15, 0.2) is 42.5 Å². The van der Waals surface area contributed by atoms with E-state index in [1.165, 1.54) is 0 Å². The molecule has 9 heteroatoms. The Morgan fingerprint density at radius 3 is 2.50 bits per heavy atom. The van der Waals surface area contributed by atoms with Gasteiger partial charge in [-0.15, -0.1) is 0 Å². The largest absolute Gasteiger partial charge is 0.494 e. The number of hydrogen-bond donors (Lipinski definition) is 2. The Hall–Kier alpha value is -2.40. The van der Waals surface area contributed by atoms with Crippen LogP contribution in [0.25, 0.3) is 0 Å². The molecule has 2 heterocycles. The third kappa shape index (κ3) is 9.56. The van der Waals surface area contributed by atoms with Crippen LogP contribution in [0.4, 0.5) is 5.69 Å². The molecule has 234 valence electrons. The second kappa shape index (κ2) is 17.0. The SMILES string of the molecule is COCCCN1CCOc2ccc(CO[C@H]3CNC[C@@H](OCC(C)O)[C@@H]3c3ccc(OCCC(C)COC)cc3)cc21. The number of benzene rings is 2. The smallest absolute Gasteiger partial charge is 0.142 e. The lowest BCUT2D eigenvalue weighted by atomic mass is 9.85. The molecular weight excluding hydrogens is 536 g/mol. The van der Waals surface area contributed by atoms with Crippen molar-refractivity contribution in [3.63, 3.8) is 0 Å². The van der Waals surface area contributed by atoms with Crippen LogP contribution >= 0.6 is 0 Å². The van der Waals surface area contributed by atoms with Crippen molar-refractivity contribution in [1.29, 1.82) is 0 Å². The van der Waals surface area contributed by atoms with Crippen LogP contribution in [-0.2, 0) is 25.6 Å². The van der Waals surface area contributed by atoms with Crippen molar-refractivity contribution in [2.75, 3.05) is 78.3 Å².